The number of methoxy groups -OCH3 is 1. The summed E-state index contributed by atoms with van der Waals surface area (Å²) in [5.74, 6) is 0.740. The molecule has 0 amide bonds. The smallest absolute Gasteiger partial charge is 0.260 e. The summed E-state index contributed by atoms with van der Waals surface area (Å²) in [6.07, 6.45) is 0. The lowest BCUT2D eigenvalue weighted by Crippen LogP contribution is -1.92. The zero-order valence-corrected chi connectivity index (χ0v) is 9.10. The number of hydrogen-bond donors (Lipinski definition) is 1. The molecule has 2 rings (SSSR count). The van der Waals surface area contributed by atoms with Crippen LogP contribution in [0.15, 0.2) is 22.7 Å². The molecule has 0 aliphatic carbocycles. The number of rotatable bonds is 3. The van der Waals surface area contributed by atoms with Gasteiger partial charge in [-0.2, -0.15) is 0 Å². The maximum atomic E-state index is 9.24. The van der Waals surface area contributed by atoms with E-state index in [1.165, 1.54) is 7.11 Å². The number of aliphatic hydroxyl groups is 1. The van der Waals surface area contributed by atoms with Crippen LogP contribution in [-0.2, 0) is 6.61 Å². The van der Waals surface area contributed by atoms with E-state index in [0.717, 1.165) is 5.69 Å². The lowest BCUT2D eigenvalue weighted by Gasteiger charge is -2.00. The second-order valence-electron chi connectivity index (χ2n) is 3.32. The Labute approximate surface area is 92.7 Å². The molecule has 1 N–H and O–H groups in total. The highest BCUT2D eigenvalue weighted by Gasteiger charge is 2.18. The average Bonchev–Trinajstić information content (AvgIpc) is 2.71. The van der Waals surface area contributed by atoms with Gasteiger partial charge in [0, 0.05) is 5.69 Å². The summed E-state index contributed by atoms with van der Waals surface area (Å²) in [6.45, 7) is 1.69. The van der Waals surface area contributed by atoms with Gasteiger partial charge in [0.2, 0.25) is 0 Å². The van der Waals surface area contributed by atoms with Crippen molar-refractivity contribution in [3.8, 4) is 17.3 Å². The lowest BCUT2D eigenvalue weighted by molar-refractivity contribution is 0.273. The van der Waals surface area contributed by atoms with Crippen molar-refractivity contribution in [2.45, 2.75) is 13.5 Å². The topological polar surface area (TPSA) is 68.4 Å². The van der Waals surface area contributed by atoms with Gasteiger partial charge in [-0.05, 0) is 24.2 Å². The van der Waals surface area contributed by atoms with Gasteiger partial charge in [0.05, 0.1) is 19.3 Å². The maximum Gasteiger partial charge on any atom is 0.260 e. The molecule has 2 heterocycles. The minimum Gasteiger partial charge on any atom is -0.479 e. The molecule has 0 aromatic carbocycles. The molecule has 2 aromatic rings. The molecule has 2 aromatic heterocycles. The fourth-order valence-electron chi connectivity index (χ4n) is 1.47. The Kier molecular flexibility index (Phi) is 2.87. The van der Waals surface area contributed by atoms with Gasteiger partial charge in [0.25, 0.3) is 5.88 Å². The van der Waals surface area contributed by atoms with Gasteiger partial charge in [0.1, 0.15) is 5.69 Å². The second kappa shape index (κ2) is 4.32. The van der Waals surface area contributed by atoms with Gasteiger partial charge in [0.15, 0.2) is 5.76 Å². The van der Waals surface area contributed by atoms with E-state index in [4.69, 9.17) is 9.26 Å². The van der Waals surface area contributed by atoms with Crippen molar-refractivity contribution in [1.82, 2.24) is 10.1 Å². The largest absolute Gasteiger partial charge is 0.479 e. The Morgan fingerprint density at radius 3 is 2.88 bits per heavy atom. The van der Waals surface area contributed by atoms with Crippen LogP contribution in [0.25, 0.3) is 11.5 Å². The first-order valence-electron chi connectivity index (χ1n) is 4.83. The number of pyridine rings is 1. The standard InChI is InChI=1S/C11H12N2O3/c1-7-4-3-5-9(12-7)10-8(6-14)11(15-2)13-16-10/h3-5,14H,6H2,1-2H3. The van der Waals surface area contributed by atoms with Crippen LogP contribution in [0.4, 0.5) is 0 Å². The normalized spacial score (nSPS) is 10.4. The van der Waals surface area contributed by atoms with E-state index in [0.29, 0.717) is 22.9 Å². The van der Waals surface area contributed by atoms with E-state index in [1.807, 2.05) is 19.1 Å². The van der Waals surface area contributed by atoms with Gasteiger partial charge in [-0.3, -0.25) is 0 Å². The first kappa shape index (κ1) is 10.6. The molecule has 0 atom stereocenters. The van der Waals surface area contributed by atoms with Gasteiger partial charge in [-0.1, -0.05) is 6.07 Å². The zero-order chi connectivity index (χ0) is 11.5. The van der Waals surface area contributed by atoms with E-state index in [-0.39, 0.29) is 6.61 Å². The summed E-state index contributed by atoms with van der Waals surface area (Å²) >= 11 is 0. The van der Waals surface area contributed by atoms with Crippen molar-refractivity contribution < 1.29 is 14.4 Å². The quantitative estimate of drug-likeness (QED) is 0.849. The molecule has 84 valence electrons. The number of hydrogen-bond acceptors (Lipinski definition) is 5. The van der Waals surface area contributed by atoms with Crippen LogP contribution in [0.2, 0.25) is 0 Å². The molecule has 5 nitrogen and oxygen atoms in total. The van der Waals surface area contributed by atoms with E-state index >= 15 is 0 Å². The number of aryl methyl sites for hydroxylation is 1. The highest BCUT2D eigenvalue weighted by Crippen LogP contribution is 2.29. The molecule has 0 saturated carbocycles. The predicted molar refractivity (Wildman–Crippen MR) is 56.9 cm³/mol. The highest BCUT2D eigenvalue weighted by molar-refractivity contribution is 5.59. The number of nitrogens with zero attached hydrogens (tertiary/aromatic N) is 2. The summed E-state index contributed by atoms with van der Waals surface area (Å²) in [5, 5.41) is 13.0. The SMILES string of the molecule is COc1noc(-c2cccc(C)n2)c1CO. The molecule has 0 aliphatic heterocycles. The molecule has 16 heavy (non-hydrogen) atoms. The van der Waals surface area contributed by atoms with E-state index in [9.17, 15) is 5.11 Å². The Bertz CT molecular complexity index is 494. The predicted octanol–water partition coefficient (Wildman–Crippen LogP) is 1.55. The fourth-order valence-corrected chi connectivity index (χ4v) is 1.47. The molecule has 0 fully saturated rings. The Morgan fingerprint density at radius 2 is 2.25 bits per heavy atom. The van der Waals surface area contributed by atoms with Gasteiger partial charge < -0.3 is 14.4 Å². The van der Waals surface area contributed by atoms with Crippen molar-refractivity contribution in [3.63, 3.8) is 0 Å². The first-order chi connectivity index (χ1) is 7.76. The van der Waals surface area contributed by atoms with Crippen LogP contribution in [0, 0.1) is 6.92 Å². The van der Waals surface area contributed by atoms with Crippen LogP contribution in [0.1, 0.15) is 11.3 Å². The summed E-state index contributed by atoms with van der Waals surface area (Å²) in [7, 11) is 1.48. The summed E-state index contributed by atoms with van der Waals surface area (Å²) in [4.78, 5) is 4.30. The van der Waals surface area contributed by atoms with Crippen LogP contribution in [0.3, 0.4) is 0 Å². The molecular weight excluding hydrogens is 208 g/mol. The van der Waals surface area contributed by atoms with Crippen LogP contribution < -0.4 is 4.74 Å². The summed E-state index contributed by atoms with van der Waals surface area (Å²) in [6, 6.07) is 5.55. The van der Waals surface area contributed by atoms with Gasteiger partial charge in [-0.15, -0.1) is 0 Å². The molecular formula is C11H12N2O3. The molecule has 0 radical (unpaired) electrons. The molecule has 0 bridgehead atoms. The van der Waals surface area contributed by atoms with Crippen molar-refractivity contribution in [2.75, 3.05) is 7.11 Å². The van der Waals surface area contributed by atoms with Crippen molar-refractivity contribution in [3.05, 3.63) is 29.5 Å². The van der Waals surface area contributed by atoms with E-state index < -0.39 is 0 Å². The van der Waals surface area contributed by atoms with Gasteiger partial charge >= 0.3 is 0 Å². The Balaban J connectivity index is 2.51. The molecule has 0 saturated heterocycles. The minimum absolute atomic E-state index is 0.197. The van der Waals surface area contributed by atoms with E-state index in [2.05, 4.69) is 10.1 Å². The third-order valence-electron chi connectivity index (χ3n) is 2.22. The monoisotopic (exact) mass is 220 g/mol. The maximum absolute atomic E-state index is 9.24. The summed E-state index contributed by atoms with van der Waals surface area (Å²) < 4.78 is 10.1. The van der Waals surface area contributed by atoms with Crippen molar-refractivity contribution in [2.24, 2.45) is 0 Å². The zero-order valence-electron chi connectivity index (χ0n) is 9.10. The Morgan fingerprint density at radius 1 is 1.44 bits per heavy atom. The van der Waals surface area contributed by atoms with Crippen LogP contribution >= 0.6 is 0 Å². The van der Waals surface area contributed by atoms with Crippen LogP contribution in [-0.4, -0.2) is 22.4 Å². The number of aromatic nitrogens is 2. The third kappa shape index (κ3) is 1.77. The Hall–Kier alpha value is -1.88. The number of ether oxygens (including phenoxy) is 1. The number of aliphatic hydroxyl groups excluding tert-OH is 1. The van der Waals surface area contributed by atoms with Crippen molar-refractivity contribution in [1.29, 1.82) is 0 Å². The molecule has 5 heteroatoms. The highest BCUT2D eigenvalue weighted by atomic mass is 16.5. The molecule has 0 unspecified atom stereocenters. The molecule has 0 aliphatic rings. The minimum atomic E-state index is -0.197. The van der Waals surface area contributed by atoms with Crippen molar-refractivity contribution >= 4 is 0 Å². The molecule has 0 spiro atoms. The third-order valence-corrected chi connectivity index (χ3v) is 2.22. The fraction of sp³-hybridized carbons (Fsp3) is 0.273. The van der Waals surface area contributed by atoms with E-state index in [1.54, 1.807) is 6.07 Å². The summed E-state index contributed by atoms with van der Waals surface area (Å²) in [5.41, 5.74) is 2.03. The second-order valence-corrected chi connectivity index (χ2v) is 3.32. The van der Waals surface area contributed by atoms with Crippen LogP contribution in [0.5, 0.6) is 5.88 Å². The first-order valence-corrected chi connectivity index (χ1v) is 4.83. The van der Waals surface area contributed by atoms with Gasteiger partial charge in [-0.25, -0.2) is 4.98 Å². The average molecular weight is 220 g/mol. The lowest BCUT2D eigenvalue weighted by atomic mass is 10.2.